The number of fused-ring (bicyclic) bond motifs is 1. The number of benzene rings is 1. The van der Waals surface area contributed by atoms with Crippen molar-refractivity contribution in [3.8, 4) is 0 Å². The van der Waals surface area contributed by atoms with E-state index in [0.717, 1.165) is 0 Å². The zero-order valence-electron chi connectivity index (χ0n) is 9.11. The molecule has 3 heteroatoms. The minimum atomic E-state index is 0. The summed E-state index contributed by atoms with van der Waals surface area (Å²) < 4.78 is 0. The van der Waals surface area contributed by atoms with Gasteiger partial charge in [0.15, 0.2) is 0 Å². The van der Waals surface area contributed by atoms with Gasteiger partial charge >= 0.3 is 26.2 Å². The van der Waals surface area contributed by atoms with Crippen LogP contribution in [0.4, 0.5) is 0 Å². The Bertz CT molecular complexity index is 475. The maximum absolute atomic E-state index is 2.28. The van der Waals surface area contributed by atoms with Gasteiger partial charge in [-0.05, 0) is 17.0 Å². The van der Waals surface area contributed by atoms with Crippen LogP contribution in [-0.4, -0.2) is 0 Å². The number of hydrogen-bond acceptors (Lipinski definition) is 0. The minimum absolute atomic E-state index is 0. The maximum atomic E-state index is 2.28. The minimum Gasteiger partial charge on any atom is -1.00 e. The molecule has 2 aromatic carbocycles. The van der Waals surface area contributed by atoms with Gasteiger partial charge in [-0.25, -0.2) is 12.1 Å². The fourth-order valence-corrected chi connectivity index (χ4v) is 2.14. The van der Waals surface area contributed by atoms with Crippen LogP contribution >= 0.6 is 0 Å². The predicted molar refractivity (Wildman–Crippen MR) is 59.4 cm³/mol. The first-order chi connectivity index (χ1) is 6.95. The van der Waals surface area contributed by atoms with Crippen LogP contribution in [0.1, 0.15) is 22.6 Å². The molecule has 85 valence electrons. The first-order valence-corrected chi connectivity index (χ1v) is 4.94. The normalized spacial score (nSPS) is 15.2. The van der Waals surface area contributed by atoms with Crippen molar-refractivity contribution in [3.05, 3.63) is 71.3 Å². The molecule has 0 N–H and O–H groups in total. The molecule has 0 fully saturated rings. The van der Waals surface area contributed by atoms with E-state index in [-0.39, 0.29) is 51.0 Å². The van der Waals surface area contributed by atoms with Gasteiger partial charge in [0, 0.05) is 0 Å². The van der Waals surface area contributed by atoms with Gasteiger partial charge in [0.1, 0.15) is 0 Å². The summed E-state index contributed by atoms with van der Waals surface area (Å²) in [7, 11) is 0. The van der Waals surface area contributed by atoms with Crippen molar-refractivity contribution >= 4 is 6.08 Å². The molecule has 0 spiro atoms. The van der Waals surface area contributed by atoms with Crippen LogP contribution in [0.3, 0.4) is 0 Å². The Labute approximate surface area is 133 Å². The Morgan fingerprint density at radius 3 is 2.24 bits per heavy atom. The standard InChI is InChI=1S/C14H11.2ClH.Zr/c1-2-6-11(5-1)14-10-9-12-7-3-4-8-13(12)14;;;/h1-10,14H;2*1H;/q-1;;;+3/p-2. The van der Waals surface area contributed by atoms with E-state index in [1.54, 1.807) is 0 Å². The van der Waals surface area contributed by atoms with Crippen molar-refractivity contribution < 1.29 is 51.0 Å². The number of halogens is 2. The predicted octanol–water partition coefficient (Wildman–Crippen LogP) is -2.43. The monoisotopic (exact) mass is 339 g/mol. The number of hydrogen-bond donors (Lipinski definition) is 0. The van der Waals surface area contributed by atoms with Crippen LogP contribution < -0.4 is 24.8 Å². The van der Waals surface area contributed by atoms with Crippen molar-refractivity contribution in [1.29, 1.82) is 0 Å². The summed E-state index contributed by atoms with van der Waals surface area (Å²) in [4.78, 5) is 0. The van der Waals surface area contributed by atoms with Crippen LogP contribution in [0, 0.1) is 0 Å². The molecule has 1 aliphatic carbocycles. The van der Waals surface area contributed by atoms with Crippen molar-refractivity contribution in [1.82, 2.24) is 0 Å². The first kappa shape index (κ1) is 16.8. The third-order valence-electron chi connectivity index (χ3n) is 2.85. The van der Waals surface area contributed by atoms with Crippen molar-refractivity contribution in [3.63, 3.8) is 0 Å². The van der Waals surface area contributed by atoms with Crippen molar-refractivity contribution in [2.45, 2.75) is 5.92 Å². The van der Waals surface area contributed by atoms with Gasteiger partial charge < -0.3 is 24.8 Å². The molecule has 0 heterocycles. The summed E-state index contributed by atoms with van der Waals surface area (Å²) in [5, 5.41) is 0. The molecule has 0 aromatic heterocycles. The molecule has 0 aliphatic heterocycles. The fraction of sp³-hybridized carbons (Fsp3) is 0.0714. The Morgan fingerprint density at radius 2 is 1.53 bits per heavy atom. The van der Waals surface area contributed by atoms with Crippen LogP contribution in [0.2, 0.25) is 0 Å². The molecule has 1 atom stereocenters. The third-order valence-corrected chi connectivity index (χ3v) is 2.85. The second-order valence-corrected chi connectivity index (χ2v) is 3.68. The zero-order chi connectivity index (χ0) is 9.38. The van der Waals surface area contributed by atoms with Gasteiger partial charge in [0.2, 0.25) is 0 Å². The molecule has 0 saturated carbocycles. The summed E-state index contributed by atoms with van der Waals surface area (Å²) in [6, 6.07) is 17.2. The van der Waals surface area contributed by atoms with Gasteiger partial charge in [-0.15, -0.1) is 5.56 Å². The Morgan fingerprint density at radius 1 is 0.882 bits per heavy atom. The van der Waals surface area contributed by atoms with E-state index in [9.17, 15) is 0 Å². The average Bonchev–Trinajstić information content (AvgIpc) is 2.85. The zero-order valence-corrected chi connectivity index (χ0v) is 13.1. The average molecular weight is 341 g/mol. The molecule has 2 aromatic rings. The van der Waals surface area contributed by atoms with Gasteiger partial charge in [0.25, 0.3) is 0 Å². The molecule has 0 bridgehead atoms. The topological polar surface area (TPSA) is 0 Å². The van der Waals surface area contributed by atoms with E-state index >= 15 is 0 Å². The summed E-state index contributed by atoms with van der Waals surface area (Å²) in [6.07, 6.45) is 4.49. The Kier molecular flexibility index (Phi) is 7.16. The number of allylic oxidation sites excluding steroid dienone is 1. The second-order valence-electron chi connectivity index (χ2n) is 3.68. The molecule has 1 radical (unpaired) electrons. The van der Waals surface area contributed by atoms with Crippen LogP contribution in [0.5, 0.6) is 0 Å². The maximum Gasteiger partial charge on any atom is 3.00 e. The summed E-state index contributed by atoms with van der Waals surface area (Å²) in [5.74, 6) is 0.473. The van der Waals surface area contributed by atoms with Crippen molar-refractivity contribution in [2.24, 2.45) is 0 Å². The summed E-state index contributed by atoms with van der Waals surface area (Å²) in [6.45, 7) is 0. The second kappa shape index (κ2) is 7.26. The van der Waals surface area contributed by atoms with Crippen LogP contribution in [0.15, 0.2) is 54.6 Å². The van der Waals surface area contributed by atoms with Crippen LogP contribution in [-0.2, 0) is 26.2 Å². The molecular weight excluding hydrogens is 330 g/mol. The molecule has 0 amide bonds. The van der Waals surface area contributed by atoms with E-state index in [0.29, 0.717) is 5.92 Å². The van der Waals surface area contributed by atoms with Gasteiger partial charge in [-0.1, -0.05) is 36.4 Å². The Hall–Kier alpha value is -0.227. The van der Waals surface area contributed by atoms with E-state index in [1.165, 1.54) is 16.7 Å². The van der Waals surface area contributed by atoms with Gasteiger partial charge in [-0.3, -0.25) is 0 Å². The number of rotatable bonds is 1. The molecule has 0 nitrogen and oxygen atoms in total. The first-order valence-electron chi connectivity index (χ1n) is 4.94. The third kappa shape index (κ3) is 3.16. The summed E-state index contributed by atoms with van der Waals surface area (Å²) >= 11 is 0. The van der Waals surface area contributed by atoms with E-state index in [1.807, 2.05) is 0 Å². The summed E-state index contributed by atoms with van der Waals surface area (Å²) in [5.41, 5.74) is 4.18. The quantitative estimate of drug-likeness (QED) is 0.506. The molecule has 0 saturated heterocycles. The fourth-order valence-electron chi connectivity index (χ4n) is 2.14. The molecule has 17 heavy (non-hydrogen) atoms. The van der Waals surface area contributed by atoms with E-state index in [2.05, 4.69) is 60.7 Å². The van der Waals surface area contributed by atoms with Crippen LogP contribution in [0.25, 0.3) is 6.08 Å². The SMILES string of the molecule is C1=CC([c-]2cccc2)c2ccccc21.[Cl-].[Cl-].[Zr+3]. The molecule has 3 rings (SSSR count). The molecule has 1 aliphatic rings. The smallest absolute Gasteiger partial charge is 1.00 e. The van der Waals surface area contributed by atoms with Gasteiger partial charge in [-0.2, -0.15) is 12.1 Å². The largest absolute Gasteiger partial charge is 3.00 e. The van der Waals surface area contributed by atoms with Gasteiger partial charge in [0.05, 0.1) is 0 Å². The van der Waals surface area contributed by atoms with E-state index in [4.69, 9.17) is 0 Å². The van der Waals surface area contributed by atoms with Crippen molar-refractivity contribution in [2.75, 3.05) is 0 Å². The molecule has 1 unspecified atom stereocenters. The Balaban J connectivity index is 0.000000853. The molecular formula is C14H11Cl2Zr. The van der Waals surface area contributed by atoms with E-state index < -0.39 is 0 Å².